The second kappa shape index (κ2) is 9.63. The number of fused-ring (bicyclic) bond motifs is 1. The van der Waals surface area contributed by atoms with Crippen LogP contribution in [-0.4, -0.2) is 38.3 Å². The van der Waals surface area contributed by atoms with Gasteiger partial charge in [-0.1, -0.05) is 18.2 Å². The first-order chi connectivity index (χ1) is 15.7. The lowest BCUT2D eigenvalue weighted by Crippen LogP contribution is -2.28. The van der Waals surface area contributed by atoms with Crippen LogP contribution in [0, 0.1) is 0 Å². The monoisotopic (exact) mass is 434 g/mol. The van der Waals surface area contributed by atoms with Gasteiger partial charge in [0.2, 0.25) is 5.91 Å². The Morgan fingerprint density at radius 1 is 1.06 bits per heavy atom. The number of nitrogens with two attached hydrogens (primary N) is 1. The van der Waals surface area contributed by atoms with Crippen molar-refractivity contribution in [1.29, 1.82) is 0 Å². The van der Waals surface area contributed by atoms with Crippen LogP contribution in [0.5, 0.6) is 5.75 Å². The van der Waals surface area contributed by atoms with E-state index in [1.54, 1.807) is 0 Å². The molecule has 0 saturated carbocycles. The van der Waals surface area contributed by atoms with Crippen LogP contribution in [-0.2, 0) is 17.6 Å². The molecule has 3 atom stereocenters. The summed E-state index contributed by atoms with van der Waals surface area (Å²) >= 11 is 0. The van der Waals surface area contributed by atoms with Crippen molar-refractivity contribution in [1.82, 2.24) is 5.32 Å². The van der Waals surface area contributed by atoms with E-state index in [1.165, 1.54) is 29.5 Å². The zero-order valence-corrected chi connectivity index (χ0v) is 18.8. The quantitative estimate of drug-likeness (QED) is 0.718. The molecule has 2 heterocycles. The highest BCUT2D eigenvalue weighted by Gasteiger charge is 2.26. The summed E-state index contributed by atoms with van der Waals surface area (Å²) in [7, 11) is 0. The number of rotatable bonds is 6. The van der Waals surface area contributed by atoms with Gasteiger partial charge in [0.1, 0.15) is 12.4 Å². The maximum absolute atomic E-state index is 12.2. The van der Waals surface area contributed by atoms with Gasteiger partial charge in [-0.25, -0.2) is 0 Å². The Balaban J connectivity index is 1.34. The number of piperidine rings is 1. The third-order valence-corrected chi connectivity index (χ3v) is 7.42. The van der Waals surface area contributed by atoms with E-state index in [0.29, 0.717) is 18.1 Å². The fourth-order valence-electron chi connectivity index (χ4n) is 5.59. The first-order valence-corrected chi connectivity index (χ1v) is 12.2. The van der Waals surface area contributed by atoms with E-state index in [9.17, 15) is 4.79 Å². The summed E-state index contributed by atoms with van der Waals surface area (Å²) in [6, 6.07) is 12.8. The molecule has 5 rings (SSSR count). The minimum Gasteiger partial charge on any atom is -0.491 e. The number of ether oxygens (including phenoxy) is 2. The summed E-state index contributed by atoms with van der Waals surface area (Å²) in [5.74, 6) is 1.34. The van der Waals surface area contributed by atoms with E-state index in [2.05, 4.69) is 23.5 Å². The van der Waals surface area contributed by atoms with Crippen molar-refractivity contribution >= 4 is 5.91 Å². The molecule has 5 heteroatoms. The minimum absolute atomic E-state index is 0.171. The molecule has 32 heavy (non-hydrogen) atoms. The molecule has 1 aliphatic carbocycles. The zero-order chi connectivity index (χ0) is 21.9. The van der Waals surface area contributed by atoms with Crippen LogP contribution < -0.4 is 15.8 Å². The summed E-state index contributed by atoms with van der Waals surface area (Å²) in [6.07, 6.45) is 7.84. The van der Waals surface area contributed by atoms with E-state index < -0.39 is 0 Å². The fraction of sp³-hybridized carbons (Fsp3) is 0.519. The standard InChI is InChI=1S/C27H34N2O3/c28-27(30)25-10-9-23(32-17-24-4-2-12-31-24)15-26(25)21-8-7-18-13-20(6-5-19(18)14-21)22-3-1-11-29-16-22/h5-6,9-10,13,15,21-22,24,29H,1-4,7-8,11-12,14,16-17H2,(H2,28,30)/t21-,22?,24-/m0/s1. The summed E-state index contributed by atoms with van der Waals surface area (Å²) in [6.45, 7) is 3.60. The Kier molecular flexibility index (Phi) is 6.47. The largest absolute Gasteiger partial charge is 0.491 e. The first kappa shape index (κ1) is 21.5. The second-order valence-corrected chi connectivity index (χ2v) is 9.57. The Morgan fingerprint density at radius 2 is 2.00 bits per heavy atom. The van der Waals surface area contributed by atoms with Gasteiger partial charge in [0.05, 0.1) is 6.10 Å². The molecule has 3 N–H and O–H groups in total. The number of carbonyl (C=O) groups excluding carboxylic acids is 1. The van der Waals surface area contributed by atoms with E-state index in [0.717, 1.165) is 63.1 Å². The maximum atomic E-state index is 12.2. The lowest BCUT2D eigenvalue weighted by atomic mass is 9.77. The number of amides is 1. The lowest BCUT2D eigenvalue weighted by Gasteiger charge is -2.29. The molecule has 1 unspecified atom stereocenters. The smallest absolute Gasteiger partial charge is 0.248 e. The molecule has 3 aliphatic rings. The summed E-state index contributed by atoms with van der Waals surface area (Å²) < 4.78 is 11.7. The predicted octanol–water partition coefficient (Wildman–Crippen LogP) is 4.08. The molecule has 2 aromatic carbocycles. The highest BCUT2D eigenvalue weighted by Crippen LogP contribution is 2.37. The molecule has 170 valence electrons. The molecule has 0 spiro atoms. The van der Waals surface area contributed by atoms with Gasteiger partial charge in [-0.05, 0) is 104 Å². The maximum Gasteiger partial charge on any atom is 0.248 e. The van der Waals surface area contributed by atoms with Crippen LogP contribution in [0.2, 0.25) is 0 Å². The summed E-state index contributed by atoms with van der Waals surface area (Å²) in [5.41, 5.74) is 11.7. The number of carbonyl (C=O) groups is 1. The highest BCUT2D eigenvalue weighted by molar-refractivity contribution is 5.94. The van der Waals surface area contributed by atoms with Crippen molar-refractivity contribution in [2.75, 3.05) is 26.3 Å². The Morgan fingerprint density at radius 3 is 2.78 bits per heavy atom. The second-order valence-electron chi connectivity index (χ2n) is 9.57. The molecule has 2 fully saturated rings. The molecule has 2 saturated heterocycles. The molecular weight excluding hydrogens is 400 g/mol. The zero-order valence-electron chi connectivity index (χ0n) is 18.8. The molecule has 0 aromatic heterocycles. The number of hydrogen-bond donors (Lipinski definition) is 2. The molecule has 1 amide bonds. The normalized spacial score (nSPS) is 25.3. The molecule has 5 nitrogen and oxygen atoms in total. The first-order valence-electron chi connectivity index (χ1n) is 12.2. The SMILES string of the molecule is NC(=O)c1ccc(OC[C@@H]2CCCO2)cc1[C@H]1CCc2cc(C3CCCNC3)ccc2C1. The van der Waals surface area contributed by atoms with Gasteiger partial charge in [0, 0.05) is 18.7 Å². The number of hydrogen-bond acceptors (Lipinski definition) is 4. The van der Waals surface area contributed by atoms with Crippen LogP contribution in [0.25, 0.3) is 0 Å². The van der Waals surface area contributed by atoms with Crippen molar-refractivity contribution < 1.29 is 14.3 Å². The van der Waals surface area contributed by atoms with Crippen molar-refractivity contribution in [3.05, 3.63) is 64.2 Å². The van der Waals surface area contributed by atoms with Crippen molar-refractivity contribution in [2.24, 2.45) is 5.73 Å². The minimum atomic E-state index is -0.364. The third-order valence-electron chi connectivity index (χ3n) is 7.42. The van der Waals surface area contributed by atoms with Gasteiger partial charge in [0.15, 0.2) is 0 Å². The van der Waals surface area contributed by atoms with Crippen molar-refractivity contribution in [3.8, 4) is 5.75 Å². The summed E-state index contributed by atoms with van der Waals surface area (Å²) in [5, 5.41) is 3.53. The van der Waals surface area contributed by atoms with Crippen LogP contribution in [0.3, 0.4) is 0 Å². The molecule has 2 aromatic rings. The number of aryl methyl sites for hydroxylation is 1. The number of primary amides is 1. The molecular formula is C27H34N2O3. The summed E-state index contributed by atoms with van der Waals surface area (Å²) in [4.78, 5) is 12.2. The highest BCUT2D eigenvalue weighted by atomic mass is 16.5. The molecule has 0 bridgehead atoms. The Hall–Kier alpha value is -2.37. The van der Waals surface area contributed by atoms with Crippen LogP contribution in [0.4, 0.5) is 0 Å². The van der Waals surface area contributed by atoms with Gasteiger partial charge >= 0.3 is 0 Å². The Bertz CT molecular complexity index is 961. The predicted molar refractivity (Wildman–Crippen MR) is 125 cm³/mol. The molecule has 0 radical (unpaired) electrons. The van der Waals surface area contributed by atoms with Gasteiger partial charge in [-0.15, -0.1) is 0 Å². The van der Waals surface area contributed by atoms with Gasteiger partial charge in [0.25, 0.3) is 0 Å². The van der Waals surface area contributed by atoms with E-state index in [1.807, 2.05) is 18.2 Å². The fourth-order valence-corrected chi connectivity index (χ4v) is 5.59. The molecule has 2 aliphatic heterocycles. The van der Waals surface area contributed by atoms with E-state index >= 15 is 0 Å². The topological polar surface area (TPSA) is 73.6 Å². The van der Waals surface area contributed by atoms with Gasteiger partial charge in [-0.2, -0.15) is 0 Å². The van der Waals surface area contributed by atoms with Crippen molar-refractivity contribution in [2.45, 2.75) is 62.9 Å². The average molecular weight is 435 g/mol. The third kappa shape index (κ3) is 4.69. The van der Waals surface area contributed by atoms with E-state index in [-0.39, 0.29) is 17.9 Å². The van der Waals surface area contributed by atoms with Crippen LogP contribution >= 0.6 is 0 Å². The van der Waals surface area contributed by atoms with Crippen molar-refractivity contribution in [3.63, 3.8) is 0 Å². The van der Waals surface area contributed by atoms with E-state index in [4.69, 9.17) is 15.2 Å². The number of benzene rings is 2. The lowest BCUT2D eigenvalue weighted by molar-refractivity contribution is 0.0679. The Labute approximate surface area is 190 Å². The van der Waals surface area contributed by atoms with Gasteiger partial charge in [-0.3, -0.25) is 4.79 Å². The number of nitrogens with one attached hydrogen (secondary N) is 1. The van der Waals surface area contributed by atoms with Gasteiger partial charge < -0.3 is 20.5 Å². The van der Waals surface area contributed by atoms with Crippen LogP contribution in [0.15, 0.2) is 36.4 Å². The van der Waals surface area contributed by atoms with Crippen LogP contribution in [0.1, 0.15) is 76.6 Å². The average Bonchev–Trinajstić information content (AvgIpc) is 3.36.